The minimum atomic E-state index is -0.185. The zero-order valence-corrected chi connectivity index (χ0v) is 18.8. The first kappa shape index (κ1) is 21.2. The fraction of sp³-hybridized carbons (Fsp3) is 0.269. The molecule has 33 heavy (non-hydrogen) atoms. The van der Waals surface area contributed by atoms with Crippen molar-refractivity contribution in [1.82, 2.24) is 25.2 Å². The first-order valence-corrected chi connectivity index (χ1v) is 11.2. The number of carbonyl (C=O) groups is 1. The average Bonchev–Trinajstić information content (AvgIpc) is 3.43. The van der Waals surface area contributed by atoms with Gasteiger partial charge in [0.15, 0.2) is 0 Å². The van der Waals surface area contributed by atoms with Crippen molar-refractivity contribution in [3.8, 4) is 11.5 Å². The van der Waals surface area contributed by atoms with E-state index < -0.39 is 0 Å². The Balaban J connectivity index is 1.33. The van der Waals surface area contributed by atoms with Crippen LogP contribution in [0.3, 0.4) is 0 Å². The second kappa shape index (κ2) is 9.03. The molecule has 0 bridgehead atoms. The van der Waals surface area contributed by atoms with Gasteiger partial charge >= 0.3 is 0 Å². The molecule has 1 amide bonds. The second-order valence-electron chi connectivity index (χ2n) is 8.54. The fourth-order valence-electron chi connectivity index (χ4n) is 4.11. The highest BCUT2D eigenvalue weighted by molar-refractivity contribution is 5.92. The molecule has 1 aliphatic heterocycles. The van der Waals surface area contributed by atoms with Gasteiger partial charge in [-0.1, -0.05) is 29.8 Å². The maximum atomic E-state index is 12.5. The van der Waals surface area contributed by atoms with Crippen LogP contribution in [0.2, 0.25) is 0 Å². The molecule has 2 N–H and O–H groups in total. The predicted molar refractivity (Wildman–Crippen MR) is 128 cm³/mol. The number of pyridine rings is 1. The van der Waals surface area contributed by atoms with E-state index in [2.05, 4.69) is 51.4 Å². The summed E-state index contributed by atoms with van der Waals surface area (Å²) < 4.78 is 8.16. The van der Waals surface area contributed by atoms with E-state index in [0.717, 1.165) is 42.8 Å². The lowest BCUT2D eigenvalue weighted by molar-refractivity contribution is 0.0934. The highest BCUT2D eigenvalue weighted by Crippen LogP contribution is 2.26. The Bertz CT molecular complexity index is 1290. The van der Waals surface area contributed by atoms with Crippen LogP contribution in [0.15, 0.2) is 60.8 Å². The number of hydrogen-bond acceptors (Lipinski definition) is 5. The summed E-state index contributed by atoms with van der Waals surface area (Å²) in [5.41, 5.74) is 4.74. The molecule has 1 atom stereocenters. The van der Waals surface area contributed by atoms with Gasteiger partial charge in [0.05, 0.1) is 11.0 Å². The van der Waals surface area contributed by atoms with E-state index in [1.165, 1.54) is 11.1 Å². The summed E-state index contributed by atoms with van der Waals surface area (Å²) in [6.07, 6.45) is 3.29. The summed E-state index contributed by atoms with van der Waals surface area (Å²) >= 11 is 0. The van der Waals surface area contributed by atoms with Gasteiger partial charge in [-0.3, -0.25) is 9.78 Å². The highest BCUT2D eigenvalue weighted by atomic mass is 16.5. The summed E-state index contributed by atoms with van der Waals surface area (Å²) in [7, 11) is 2.03. The summed E-state index contributed by atoms with van der Waals surface area (Å²) in [5.74, 6) is 2.04. The number of aryl methyl sites for hydroxylation is 2. The number of fused-ring (bicyclic) bond motifs is 1. The maximum Gasteiger partial charge on any atom is 0.270 e. The molecule has 1 aliphatic rings. The first-order chi connectivity index (χ1) is 16.0. The first-order valence-electron chi connectivity index (χ1n) is 11.2. The third kappa shape index (κ3) is 4.73. The smallest absolute Gasteiger partial charge is 0.270 e. The van der Waals surface area contributed by atoms with Gasteiger partial charge < -0.3 is 19.9 Å². The molecule has 7 nitrogen and oxygen atoms in total. The summed E-state index contributed by atoms with van der Waals surface area (Å²) in [6.45, 7) is 3.80. The molecule has 0 radical (unpaired) electrons. The van der Waals surface area contributed by atoms with E-state index in [1.54, 1.807) is 18.3 Å². The quantitative estimate of drug-likeness (QED) is 0.476. The van der Waals surface area contributed by atoms with E-state index in [-0.39, 0.29) is 11.9 Å². The molecule has 2 aromatic heterocycles. The van der Waals surface area contributed by atoms with Crippen LogP contribution in [-0.2, 0) is 13.5 Å². The molecule has 4 aromatic rings. The normalized spacial score (nSPS) is 15.6. The number of ether oxygens (including phenoxy) is 1. The van der Waals surface area contributed by atoms with Gasteiger partial charge in [-0.2, -0.15) is 0 Å². The number of nitrogens with one attached hydrogen (secondary N) is 2. The van der Waals surface area contributed by atoms with E-state index in [0.29, 0.717) is 17.2 Å². The molecule has 1 fully saturated rings. The molecule has 5 rings (SSSR count). The Morgan fingerprint density at radius 3 is 2.76 bits per heavy atom. The molecular weight excluding hydrogens is 414 g/mol. The van der Waals surface area contributed by atoms with Crippen molar-refractivity contribution in [1.29, 1.82) is 0 Å². The lowest BCUT2D eigenvalue weighted by atomic mass is 10.1. The van der Waals surface area contributed by atoms with E-state index in [9.17, 15) is 4.79 Å². The molecular formula is C26H27N5O2. The van der Waals surface area contributed by atoms with Gasteiger partial charge in [-0.05, 0) is 43.7 Å². The number of benzene rings is 2. The number of hydrogen-bond donors (Lipinski definition) is 2. The van der Waals surface area contributed by atoms with Gasteiger partial charge in [0.2, 0.25) is 0 Å². The lowest BCUT2D eigenvalue weighted by Crippen LogP contribution is -2.36. The third-order valence-electron chi connectivity index (χ3n) is 6.02. The predicted octanol–water partition coefficient (Wildman–Crippen LogP) is 3.75. The number of nitrogens with zero attached hydrogens (tertiary/aromatic N) is 3. The van der Waals surface area contributed by atoms with Gasteiger partial charge in [-0.25, -0.2) is 4.98 Å². The van der Waals surface area contributed by atoms with Crippen LogP contribution in [0.25, 0.3) is 11.0 Å². The summed E-state index contributed by atoms with van der Waals surface area (Å²) in [4.78, 5) is 21.6. The summed E-state index contributed by atoms with van der Waals surface area (Å²) in [5, 5.41) is 6.25. The van der Waals surface area contributed by atoms with Crippen molar-refractivity contribution in [2.75, 3.05) is 13.1 Å². The fourth-order valence-corrected chi connectivity index (χ4v) is 4.11. The number of amides is 1. The summed E-state index contributed by atoms with van der Waals surface area (Å²) in [6, 6.07) is 18.0. The Morgan fingerprint density at radius 1 is 1.15 bits per heavy atom. The highest BCUT2D eigenvalue weighted by Gasteiger charge is 2.18. The van der Waals surface area contributed by atoms with Gasteiger partial charge in [0.1, 0.15) is 23.0 Å². The zero-order valence-electron chi connectivity index (χ0n) is 18.8. The molecule has 168 valence electrons. The standard InChI is InChI=1S/C26H27N5O2/c1-17-3-5-18(6-4-17)13-25-30-22-14-20(7-8-24(22)31(25)2)33-21-10-12-28-23(15-21)26(32)29-19-9-11-27-16-19/h3-8,10,12,14-15,19,27H,9,11,13,16H2,1-2H3,(H,29,32)/t19-/m1/s1. The van der Waals surface area contributed by atoms with E-state index >= 15 is 0 Å². The average molecular weight is 442 g/mol. The molecule has 0 spiro atoms. The van der Waals surface area contributed by atoms with Crippen molar-refractivity contribution < 1.29 is 9.53 Å². The van der Waals surface area contributed by atoms with Crippen LogP contribution in [-0.4, -0.2) is 39.6 Å². The molecule has 7 heteroatoms. The Kier molecular flexibility index (Phi) is 5.79. The zero-order chi connectivity index (χ0) is 22.8. The van der Waals surface area contributed by atoms with Crippen molar-refractivity contribution in [3.63, 3.8) is 0 Å². The van der Waals surface area contributed by atoms with Gasteiger partial charge in [-0.15, -0.1) is 0 Å². The number of rotatable bonds is 6. The Hall–Kier alpha value is -3.71. The van der Waals surface area contributed by atoms with Crippen LogP contribution in [0.1, 0.15) is 33.9 Å². The van der Waals surface area contributed by atoms with Crippen LogP contribution in [0.5, 0.6) is 11.5 Å². The van der Waals surface area contributed by atoms with Crippen LogP contribution >= 0.6 is 0 Å². The molecule has 0 unspecified atom stereocenters. The van der Waals surface area contributed by atoms with Gasteiger partial charge in [0.25, 0.3) is 5.91 Å². The Labute approximate surface area is 192 Å². The van der Waals surface area contributed by atoms with Crippen molar-refractivity contribution in [3.05, 3.63) is 83.4 Å². The van der Waals surface area contributed by atoms with E-state index in [4.69, 9.17) is 9.72 Å². The molecule has 3 heterocycles. The number of aromatic nitrogens is 3. The van der Waals surface area contributed by atoms with Gasteiger partial charge in [0, 0.05) is 44.4 Å². The monoisotopic (exact) mass is 441 g/mol. The van der Waals surface area contributed by atoms with Crippen LogP contribution in [0, 0.1) is 6.92 Å². The maximum absolute atomic E-state index is 12.5. The Morgan fingerprint density at radius 2 is 1.97 bits per heavy atom. The molecule has 1 saturated heterocycles. The molecule has 0 aliphatic carbocycles. The SMILES string of the molecule is Cc1ccc(Cc2nc3cc(Oc4ccnc(C(=O)N[C@@H]5CCNC5)c4)ccc3n2C)cc1. The van der Waals surface area contributed by atoms with Crippen molar-refractivity contribution >= 4 is 16.9 Å². The second-order valence-corrected chi connectivity index (χ2v) is 8.54. The molecule has 2 aromatic carbocycles. The van der Waals surface area contributed by atoms with Crippen LogP contribution < -0.4 is 15.4 Å². The van der Waals surface area contributed by atoms with Crippen molar-refractivity contribution in [2.45, 2.75) is 25.8 Å². The topological polar surface area (TPSA) is 81.1 Å². The number of carbonyl (C=O) groups excluding carboxylic acids is 1. The van der Waals surface area contributed by atoms with Crippen LogP contribution in [0.4, 0.5) is 0 Å². The lowest BCUT2D eigenvalue weighted by Gasteiger charge is -2.11. The number of imidazole rings is 1. The minimum absolute atomic E-state index is 0.143. The largest absolute Gasteiger partial charge is 0.457 e. The molecule has 0 saturated carbocycles. The van der Waals surface area contributed by atoms with E-state index in [1.807, 2.05) is 25.2 Å². The van der Waals surface area contributed by atoms with Crippen molar-refractivity contribution in [2.24, 2.45) is 7.05 Å². The minimum Gasteiger partial charge on any atom is -0.457 e. The third-order valence-corrected chi connectivity index (χ3v) is 6.02.